The number of aromatic amines is 1. The summed E-state index contributed by atoms with van der Waals surface area (Å²) in [6, 6.07) is 5.89. The van der Waals surface area contributed by atoms with Gasteiger partial charge in [-0.1, -0.05) is 12.0 Å². The van der Waals surface area contributed by atoms with Crippen molar-refractivity contribution in [3.63, 3.8) is 0 Å². The molecule has 43 heavy (non-hydrogen) atoms. The summed E-state index contributed by atoms with van der Waals surface area (Å²) in [4.78, 5) is 59.3. The van der Waals surface area contributed by atoms with Crippen molar-refractivity contribution in [3.8, 4) is 18.1 Å². The lowest BCUT2D eigenvalue weighted by molar-refractivity contribution is -0.126. The first-order valence-electron chi connectivity index (χ1n) is 14.9. The Morgan fingerprint density at radius 2 is 1.98 bits per heavy atom. The molecule has 230 valence electrons. The number of amides is 4. The van der Waals surface area contributed by atoms with Crippen molar-refractivity contribution in [2.24, 2.45) is 11.3 Å². The minimum atomic E-state index is -0.762. The lowest BCUT2D eigenvalue weighted by atomic mass is 9.76. The van der Waals surface area contributed by atoms with Crippen molar-refractivity contribution >= 4 is 34.7 Å². The average molecular weight is 592 g/mol. The average Bonchev–Trinajstić information content (AvgIpc) is 3.68. The van der Waals surface area contributed by atoms with Gasteiger partial charge in [-0.3, -0.25) is 14.4 Å². The Kier molecular flexibility index (Phi) is 8.32. The minimum Gasteiger partial charge on any atom is -0.496 e. The third-order valence-corrected chi connectivity index (χ3v) is 8.82. The quantitative estimate of drug-likeness (QED) is 0.443. The molecule has 4 heterocycles. The number of terminal acetylenes is 1. The number of aromatic nitrogens is 1. The zero-order valence-corrected chi connectivity index (χ0v) is 25.3. The molecule has 3 aliphatic heterocycles. The number of carbonyl (C=O) groups excluding carboxylic acids is 4. The number of fused-ring (bicyclic) bond motifs is 1. The summed E-state index contributed by atoms with van der Waals surface area (Å²) in [5.74, 6) is 2.32. The number of likely N-dealkylation sites (tertiary alicyclic amines) is 2. The van der Waals surface area contributed by atoms with E-state index in [0.717, 1.165) is 10.9 Å². The topological polar surface area (TPSA) is 133 Å². The van der Waals surface area contributed by atoms with Crippen LogP contribution in [0.5, 0.6) is 5.75 Å². The Hall–Kier alpha value is -4.20. The van der Waals surface area contributed by atoms with Crippen LogP contribution in [0.3, 0.4) is 0 Å². The van der Waals surface area contributed by atoms with Crippen molar-refractivity contribution in [2.45, 2.75) is 70.6 Å². The highest BCUT2D eigenvalue weighted by molar-refractivity contribution is 6.02. The van der Waals surface area contributed by atoms with E-state index in [1.807, 2.05) is 39.0 Å². The van der Waals surface area contributed by atoms with Gasteiger partial charge >= 0.3 is 6.09 Å². The number of hydrogen-bond donors (Lipinski definition) is 3. The van der Waals surface area contributed by atoms with Gasteiger partial charge in [0.15, 0.2) is 0 Å². The largest absolute Gasteiger partial charge is 0.496 e. The van der Waals surface area contributed by atoms with Gasteiger partial charge in [0.25, 0.3) is 5.91 Å². The van der Waals surface area contributed by atoms with E-state index in [-0.39, 0.29) is 35.1 Å². The van der Waals surface area contributed by atoms with Crippen LogP contribution >= 0.6 is 0 Å². The highest BCUT2D eigenvalue weighted by atomic mass is 16.6. The van der Waals surface area contributed by atoms with E-state index in [4.69, 9.17) is 15.9 Å². The number of piperidine rings is 1. The van der Waals surface area contributed by atoms with Crippen LogP contribution in [0.15, 0.2) is 24.3 Å². The van der Waals surface area contributed by atoms with Crippen molar-refractivity contribution in [1.29, 1.82) is 0 Å². The number of hydrogen-bond acceptors (Lipinski definition) is 6. The molecular formula is C32H41N5O6. The Morgan fingerprint density at radius 3 is 2.60 bits per heavy atom. The van der Waals surface area contributed by atoms with Crippen LogP contribution in [0.4, 0.5) is 4.79 Å². The molecule has 1 aromatic carbocycles. The summed E-state index contributed by atoms with van der Waals surface area (Å²) >= 11 is 0. The monoisotopic (exact) mass is 591 g/mol. The van der Waals surface area contributed by atoms with Gasteiger partial charge < -0.3 is 34.9 Å². The van der Waals surface area contributed by atoms with E-state index in [1.54, 1.807) is 23.0 Å². The maximum absolute atomic E-state index is 14.1. The molecule has 3 N–H and O–H groups in total. The van der Waals surface area contributed by atoms with Crippen LogP contribution in [0.1, 0.15) is 63.4 Å². The Labute approximate surface area is 252 Å². The highest BCUT2D eigenvalue weighted by Crippen LogP contribution is 2.44. The fourth-order valence-corrected chi connectivity index (χ4v) is 6.52. The van der Waals surface area contributed by atoms with E-state index in [9.17, 15) is 19.2 Å². The number of carbonyl (C=O) groups is 4. The normalized spacial score (nSPS) is 22.3. The van der Waals surface area contributed by atoms with Crippen molar-refractivity contribution < 1.29 is 28.7 Å². The van der Waals surface area contributed by atoms with E-state index < -0.39 is 17.7 Å². The fraction of sp³-hybridized carbons (Fsp3) is 0.562. The molecule has 11 heteroatoms. The first-order valence-corrected chi connectivity index (χ1v) is 14.9. The number of benzene rings is 1. The van der Waals surface area contributed by atoms with Crippen LogP contribution in [0.2, 0.25) is 0 Å². The molecule has 5 rings (SSSR count). The molecule has 4 amide bonds. The van der Waals surface area contributed by atoms with Gasteiger partial charge in [0.2, 0.25) is 11.8 Å². The predicted octanol–water partition coefficient (Wildman–Crippen LogP) is 3.05. The molecule has 11 nitrogen and oxygen atoms in total. The van der Waals surface area contributed by atoms with Gasteiger partial charge in [0.1, 0.15) is 23.1 Å². The summed E-state index contributed by atoms with van der Waals surface area (Å²) in [5.41, 5.74) is 0.167. The Balaban J connectivity index is 1.37. The summed E-state index contributed by atoms with van der Waals surface area (Å²) < 4.78 is 11.0. The second-order valence-corrected chi connectivity index (χ2v) is 13.0. The summed E-state index contributed by atoms with van der Waals surface area (Å²) in [6.45, 7) is 7.41. The third kappa shape index (κ3) is 6.43. The zero-order chi connectivity index (χ0) is 30.9. The van der Waals surface area contributed by atoms with Gasteiger partial charge in [0.05, 0.1) is 13.2 Å². The first kappa shape index (κ1) is 30.3. The smallest absolute Gasteiger partial charge is 0.410 e. The van der Waals surface area contributed by atoms with Crippen molar-refractivity contribution in [3.05, 3.63) is 30.0 Å². The maximum Gasteiger partial charge on any atom is 0.410 e. The number of methoxy groups -OCH3 is 1. The second-order valence-electron chi connectivity index (χ2n) is 13.0. The fourth-order valence-electron chi connectivity index (χ4n) is 6.52. The minimum absolute atomic E-state index is 0.0582. The molecule has 3 atom stereocenters. The van der Waals surface area contributed by atoms with Gasteiger partial charge in [-0.05, 0) is 76.5 Å². The number of ether oxygens (including phenoxy) is 2. The van der Waals surface area contributed by atoms with Crippen LogP contribution in [0.25, 0.3) is 10.9 Å². The number of nitrogens with zero attached hydrogens (tertiary/aromatic N) is 2. The standard InChI is InChI=1S/C32H41N5O6/c1-6-21(16-20-10-13-33-27(20)38)34-28(39)25-18-32(11-14-36(15-12-32)30(41)43-31(2,3)4)19-37(25)29(40)24-17-22-23(35-24)8-7-9-26(22)42-5/h1,7-9,17,20-21,25,35H,10-16,18-19H2,2-5H3,(H,33,38)(H,34,39)/t20-,21+,25?/m0/s1. The van der Waals surface area contributed by atoms with Crippen LogP contribution < -0.4 is 15.4 Å². The number of rotatable bonds is 6. The molecule has 0 bridgehead atoms. The second kappa shape index (κ2) is 11.8. The van der Waals surface area contributed by atoms with E-state index in [0.29, 0.717) is 69.7 Å². The molecular weight excluding hydrogens is 550 g/mol. The number of H-pyrrole nitrogens is 1. The molecule has 2 aromatic rings. The molecule has 1 spiro atoms. The van der Waals surface area contributed by atoms with E-state index >= 15 is 0 Å². The number of nitrogens with one attached hydrogen (secondary N) is 3. The van der Waals surface area contributed by atoms with Crippen molar-refractivity contribution in [1.82, 2.24) is 25.4 Å². The molecule has 0 radical (unpaired) electrons. The third-order valence-electron chi connectivity index (χ3n) is 8.82. The summed E-state index contributed by atoms with van der Waals surface area (Å²) in [5, 5.41) is 6.53. The molecule has 0 saturated carbocycles. The van der Waals surface area contributed by atoms with Gasteiger partial charge in [-0.25, -0.2) is 4.79 Å². The lowest BCUT2D eigenvalue weighted by Crippen LogP contribution is -2.49. The molecule has 3 saturated heterocycles. The van der Waals surface area contributed by atoms with Crippen LogP contribution in [0, 0.1) is 23.7 Å². The Morgan fingerprint density at radius 1 is 1.23 bits per heavy atom. The summed E-state index contributed by atoms with van der Waals surface area (Å²) in [7, 11) is 1.58. The van der Waals surface area contributed by atoms with E-state index in [1.165, 1.54) is 0 Å². The van der Waals surface area contributed by atoms with Crippen LogP contribution in [-0.2, 0) is 14.3 Å². The van der Waals surface area contributed by atoms with Gasteiger partial charge in [0, 0.05) is 43.0 Å². The molecule has 1 unspecified atom stereocenters. The zero-order valence-electron chi connectivity index (χ0n) is 25.3. The van der Waals surface area contributed by atoms with E-state index in [2.05, 4.69) is 21.5 Å². The van der Waals surface area contributed by atoms with Crippen LogP contribution in [-0.4, -0.2) is 89.6 Å². The SMILES string of the molecule is C#C[C@H](C[C@@H]1CCNC1=O)NC(=O)C1CC2(CCN(C(=O)OC(C)(C)C)CC2)CN1C(=O)c1cc2c(OC)cccc2[nH]1. The summed E-state index contributed by atoms with van der Waals surface area (Å²) in [6.07, 6.45) is 8.12. The first-order chi connectivity index (χ1) is 20.4. The molecule has 3 fully saturated rings. The Bertz CT molecular complexity index is 1440. The lowest BCUT2D eigenvalue weighted by Gasteiger charge is -2.39. The van der Waals surface area contributed by atoms with Gasteiger partial charge in [-0.2, -0.15) is 0 Å². The molecule has 1 aromatic heterocycles. The molecule has 3 aliphatic rings. The van der Waals surface area contributed by atoms with Gasteiger partial charge in [-0.15, -0.1) is 6.42 Å². The predicted molar refractivity (Wildman–Crippen MR) is 160 cm³/mol. The maximum atomic E-state index is 14.1. The molecule has 0 aliphatic carbocycles. The van der Waals surface area contributed by atoms with Crippen molar-refractivity contribution in [2.75, 3.05) is 33.3 Å². The highest BCUT2D eigenvalue weighted by Gasteiger charge is 2.51.